The quantitative estimate of drug-likeness (QED) is 0.149. The second-order valence-electron chi connectivity index (χ2n) is 9.30. The number of alkyl halides is 3. The van der Waals surface area contributed by atoms with Crippen molar-refractivity contribution in [3.05, 3.63) is 76.8 Å². The van der Waals surface area contributed by atoms with Gasteiger partial charge < -0.3 is 24.9 Å². The summed E-state index contributed by atoms with van der Waals surface area (Å²) in [7, 11) is 2.70. The minimum Gasteiger partial charge on any atom is -0.494 e. The van der Waals surface area contributed by atoms with Gasteiger partial charge in [-0.25, -0.2) is 18.7 Å². The Balaban J connectivity index is 1.81. The Morgan fingerprint density at radius 2 is 1.88 bits per heavy atom. The van der Waals surface area contributed by atoms with Crippen molar-refractivity contribution in [1.82, 2.24) is 15.3 Å². The maximum atomic E-state index is 14.1. The van der Waals surface area contributed by atoms with Crippen LogP contribution in [0.15, 0.2) is 46.9 Å². The number of oxazole rings is 1. The van der Waals surface area contributed by atoms with Gasteiger partial charge in [0.25, 0.3) is 5.91 Å². The molecular formula is C27H25BF5N4O4. The molecule has 2 heterocycles. The van der Waals surface area contributed by atoms with Crippen LogP contribution in [0.5, 0.6) is 5.75 Å². The highest BCUT2D eigenvalue weighted by atomic mass is 19.4. The molecule has 3 N–H and O–H groups in total. The van der Waals surface area contributed by atoms with Crippen molar-refractivity contribution in [1.29, 1.82) is 0 Å². The van der Waals surface area contributed by atoms with Crippen LogP contribution >= 0.6 is 0 Å². The van der Waals surface area contributed by atoms with Gasteiger partial charge in [0.15, 0.2) is 5.69 Å². The number of rotatable bonds is 10. The number of benzene rings is 2. The number of aromatic nitrogens is 2. The number of nitrogens with one attached hydrogen (secondary N) is 1. The molecule has 0 spiro atoms. The van der Waals surface area contributed by atoms with Gasteiger partial charge in [0.05, 0.1) is 13.8 Å². The van der Waals surface area contributed by atoms with Crippen LogP contribution < -0.4 is 15.8 Å². The fourth-order valence-corrected chi connectivity index (χ4v) is 4.14. The minimum atomic E-state index is -4.69. The monoisotopic (exact) mass is 575 g/mol. The molecule has 8 nitrogen and oxygen atoms in total. The van der Waals surface area contributed by atoms with E-state index in [1.165, 1.54) is 38.9 Å². The number of nitrogens with zero attached hydrogens (tertiary/aromatic N) is 2. The number of pyridine rings is 1. The van der Waals surface area contributed by atoms with Crippen LogP contribution in [0.3, 0.4) is 0 Å². The number of hydrogen-bond donors (Lipinski definition) is 2. The first-order valence-electron chi connectivity index (χ1n) is 12.4. The lowest BCUT2D eigenvalue weighted by molar-refractivity contribution is -0.140. The van der Waals surface area contributed by atoms with Gasteiger partial charge in [-0.3, -0.25) is 4.79 Å². The molecule has 0 fully saturated rings. The highest BCUT2D eigenvalue weighted by molar-refractivity contribution is 6.30. The van der Waals surface area contributed by atoms with Crippen molar-refractivity contribution in [2.24, 2.45) is 11.7 Å². The summed E-state index contributed by atoms with van der Waals surface area (Å²) in [5, 5.41) is 2.78. The van der Waals surface area contributed by atoms with E-state index in [9.17, 15) is 26.7 Å². The Kier molecular flexibility index (Phi) is 8.93. The maximum absolute atomic E-state index is 14.1. The Bertz CT molecular complexity index is 1560. The fourth-order valence-electron chi connectivity index (χ4n) is 4.14. The van der Waals surface area contributed by atoms with E-state index >= 15 is 0 Å². The number of fused-ring (bicyclic) bond motifs is 1. The summed E-state index contributed by atoms with van der Waals surface area (Å²) in [6.07, 6.45) is -4.69. The molecule has 14 heteroatoms. The third-order valence-electron chi connectivity index (χ3n) is 6.24. The average molecular weight is 575 g/mol. The van der Waals surface area contributed by atoms with E-state index in [1.807, 2.05) is 13.8 Å². The van der Waals surface area contributed by atoms with E-state index in [0.717, 1.165) is 12.1 Å². The molecule has 215 valence electrons. The molecule has 1 amide bonds. The van der Waals surface area contributed by atoms with Gasteiger partial charge >= 0.3 is 13.7 Å². The molecule has 0 aliphatic heterocycles. The predicted octanol–water partition coefficient (Wildman–Crippen LogP) is 5.37. The van der Waals surface area contributed by atoms with Gasteiger partial charge in [-0.05, 0) is 36.2 Å². The summed E-state index contributed by atoms with van der Waals surface area (Å²) in [5.74, 6) is -3.05. The first kappa shape index (κ1) is 29.9. The molecule has 4 rings (SSSR count). The van der Waals surface area contributed by atoms with Gasteiger partial charge in [0.1, 0.15) is 34.4 Å². The Morgan fingerprint density at radius 1 is 1.12 bits per heavy atom. The van der Waals surface area contributed by atoms with Crippen molar-refractivity contribution in [2.75, 3.05) is 13.8 Å². The van der Waals surface area contributed by atoms with Gasteiger partial charge in [0.2, 0.25) is 5.89 Å². The summed E-state index contributed by atoms with van der Waals surface area (Å²) < 4.78 is 84.2. The SMILES string of the molecule is COc1ccc(-c2nc(C(=O)NCc3ccc(F)cc3F)c([C@@H]([B]OCN)C(C)C)o2)c2ccc(C(F)(F)F)nc12. The Labute approximate surface area is 232 Å². The van der Waals surface area contributed by atoms with Crippen LogP contribution in [0.25, 0.3) is 22.4 Å². The number of nitrogens with two attached hydrogens (primary N) is 1. The van der Waals surface area contributed by atoms with Crippen LogP contribution in [0.4, 0.5) is 22.0 Å². The smallest absolute Gasteiger partial charge is 0.433 e. The van der Waals surface area contributed by atoms with Crippen LogP contribution in [0, 0.1) is 17.6 Å². The third kappa shape index (κ3) is 6.49. The topological polar surface area (TPSA) is 112 Å². The normalized spacial score (nSPS) is 12.5. The summed E-state index contributed by atoms with van der Waals surface area (Å²) >= 11 is 0. The lowest BCUT2D eigenvalue weighted by Crippen LogP contribution is -2.27. The summed E-state index contributed by atoms with van der Waals surface area (Å²) in [5.41, 5.74) is 4.39. The Morgan fingerprint density at radius 3 is 2.51 bits per heavy atom. The van der Waals surface area contributed by atoms with Crippen molar-refractivity contribution < 1.29 is 40.6 Å². The van der Waals surface area contributed by atoms with Crippen LogP contribution in [-0.2, 0) is 17.4 Å². The molecule has 2 aromatic heterocycles. The van der Waals surface area contributed by atoms with E-state index < -0.39 is 35.2 Å². The zero-order chi connectivity index (χ0) is 29.9. The van der Waals surface area contributed by atoms with Gasteiger partial charge in [-0.15, -0.1) is 0 Å². The maximum Gasteiger partial charge on any atom is 0.433 e. The van der Waals surface area contributed by atoms with Crippen LogP contribution in [0.2, 0.25) is 0 Å². The number of ether oxygens (including phenoxy) is 1. The Hall–Kier alpha value is -4.04. The molecule has 1 radical (unpaired) electrons. The second-order valence-corrected chi connectivity index (χ2v) is 9.30. The van der Waals surface area contributed by atoms with Gasteiger partial charge in [0, 0.05) is 34.9 Å². The molecule has 2 aromatic carbocycles. The van der Waals surface area contributed by atoms with E-state index in [1.54, 1.807) is 0 Å². The van der Waals surface area contributed by atoms with E-state index in [4.69, 9.17) is 19.5 Å². The number of halogens is 5. The molecule has 0 saturated heterocycles. The second kappa shape index (κ2) is 12.2. The third-order valence-corrected chi connectivity index (χ3v) is 6.24. The summed E-state index contributed by atoms with van der Waals surface area (Å²) in [6.45, 7) is 3.25. The van der Waals surface area contributed by atoms with Crippen molar-refractivity contribution in [3.63, 3.8) is 0 Å². The molecule has 0 unspecified atom stereocenters. The van der Waals surface area contributed by atoms with Crippen LogP contribution in [0.1, 0.15) is 47.2 Å². The van der Waals surface area contributed by atoms with Gasteiger partial charge in [-0.1, -0.05) is 19.9 Å². The average Bonchev–Trinajstić information content (AvgIpc) is 3.36. The highest BCUT2D eigenvalue weighted by Crippen LogP contribution is 2.38. The number of hydrogen-bond acceptors (Lipinski definition) is 7. The number of amides is 1. The minimum absolute atomic E-state index is 0.0381. The first-order chi connectivity index (χ1) is 19.4. The molecule has 0 aliphatic rings. The standard InChI is InChI=1S/C27H25BF5N4O4/c1-13(2)21(28-40-12-34)24-23(25(38)35-11-14-4-5-15(29)10-18(14)30)37-26(41-24)17-6-8-19(39-3)22-16(17)7-9-20(36-22)27(31,32)33/h4-10,13,21H,11-12,34H2,1-3H3,(H,35,38)/t21-/m0/s1. The molecule has 41 heavy (non-hydrogen) atoms. The predicted molar refractivity (Wildman–Crippen MR) is 140 cm³/mol. The van der Waals surface area contributed by atoms with E-state index in [-0.39, 0.29) is 64.3 Å². The zero-order valence-electron chi connectivity index (χ0n) is 22.2. The number of carbonyl (C=O) groups excluding carboxylic acids is 1. The summed E-state index contributed by atoms with van der Waals surface area (Å²) in [4.78, 5) is 21.5. The van der Waals surface area contributed by atoms with Crippen molar-refractivity contribution in [2.45, 2.75) is 32.4 Å². The zero-order valence-corrected chi connectivity index (χ0v) is 22.2. The van der Waals surface area contributed by atoms with E-state index in [2.05, 4.69) is 15.3 Å². The van der Waals surface area contributed by atoms with Crippen molar-refractivity contribution in [3.8, 4) is 17.2 Å². The lowest BCUT2D eigenvalue weighted by Gasteiger charge is -2.17. The van der Waals surface area contributed by atoms with Crippen molar-refractivity contribution >= 4 is 24.3 Å². The van der Waals surface area contributed by atoms with E-state index in [0.29, 0.717) is 6.07 Å². The number of methoxy groups -OCH3 is 1. The fraction of sp³-hybridized carbons (Fsp3) is 0.296. The number of carbonyl (C=O) groups is 1. The molecule has 1 atom stereocenters. The van der Waals surface area contributed by atoms with Crippen LogP contribution in [-0.4, -0.2) is 37.2 Å². The molecular weight excluding hydrogens is 550 g/mol. The molecule has 4 aromatic rings. The molecule has 0 bridgehead atoms. The molecule has 0 aliphatic carbocycles. The largest absolute Gasteiger partial charge is 0.494 e. The summed E-state index contributed by atoms with van der Waals surface area (Å²) in [6, 6.07) is 7.92. The first-order valence-corrected chi connectivity index (χ1v) is 12.4. The molecule has 0 saturated carbocycles. The lowest BCUT2D eigenvalue weighted by atomic mass is 9.70. The van der Waals surface area contributed by atoms with Gasteiger partial charge in [-0.2, -0.15) is 13.2 Å². The highest BCUT2D eigenvalue weighted by Gasteiger charge is 2.34.